The number of benzene rings is 2. The van der Waals surface area contributed by atoms with E-state index in [1.54, 1.807) is 24.3 Å². The minimum absolute atomic E-state index is 0.101. The Morgan fingerprint density at radius 2 is 1.82 bits per heavy atom. The SMILES string of the molecule is COC(CNC(=O)c1cc(S(=O)(=O)N2C[C@H](C)C[C@@H](C)C2)ccc1Sc1cccc(Cl)c1)OC. The molecule has 1 N–H and O–H groups in total. The monoisotopic (exact) mass is 526 g/mol. The van der Waals surface area contributed by atoms with E-state index >= 15 is 0 Å². The zero-order valence-corrected chi connectivity index (χ0v) is 22.2. The summed E-state index contributed by atoms with van der Waals surface area (Å²) in [6.45, 7) is 5.17. The van der Waals surface area contributed by atoms with Gasteiger partial charge in [-0.3, -0.25) is 4.79 Å². The zero-order valence-electron chi connectivity index (χ0n) is 19.8. The first-order chi connectivity index (χ1) is 16.1. The molecule has 1 amide bonds. The Bertz CT molecular complexity index is 1100. The van der Waals surface area contributed by atoms with Crippen molar-refractivity contribution in [3.05, 3.63) is 53.1 Å². The largest absolute Gasteiger partial charge is 0.354 e. The molecule has 0 spiro atoms. The van der Waals surface area contributed by atoms with Crippen LogP contribution in [0.5, 0.6) is 0 Å². The minimum Gasteiger partial charge on any atom is -0.354 e. The molecular weight excluding hydrogens is 496 g/mol. The summed E-state index contributed by atoms with van der Waals surface area (Å²) in [6.07, 6.45) is 0.380. The van der Waals surface area contributed by atoms with E-state index in [-0.39, 0.29) is 28.8 Å². The Hall–Kier alpha value is -1.62. The molecule has 3 rings (SSSR count). The quantitative estimate of drug-likeness (QED) is 0.484. The third-order valence-electron chi connectivity index (χ3n) is 5.65. The number of carbonyl (C=O) groups is 1. The number of piperidine rings is 1. The van der Waals surface area contributed by atoms with Crippen molar-refractivity contribution < 1.29 is 22.7 Å². The lowest BCUT2D eigenvalue weighted by Gasteiger charge is -2.34. The van der Waals surface area contributed by atoms with Crippen molar-refractivity contribution in [3.8, 4) is 0 Å². The van der Waals surface area contributed by atoms with Crippen molar-refractivity contribution in [1.29, 1.82) is 0 Å². The van der Waals surface area contributed by atoms with Crippen molar-refractivity contribution in [2.24, 2.45) is 11.8 Å². The molecule has 2 aromatic carbocycles. The molecule has 0 aromatic heterocycles. The molecule has 1 aliphatic rings. The second-order valence-corrected chi connectivity index (χ2v) is 12.1. The molecule has 7 nitrogen and oxygen atoms in total. The van der Waals surface area contributed by atoms with Crippen LogP contribution < -0.4 is 5.32 Å². The molecule has 0 bridgehead atoms. The molecule has 0 aliphatic carbocycles. The first-order valence-electron chi connectivity index (χ1n) is 11.1. The Balaban J connectivity index is 1.96. The molecule has 0 saturated carbocycles. The van der Waals surface area contributed by atoms with Crippen LogP contribution in [0.3, 0.4) is 0 Å². The normalized spacial score (nSPS) is 19.4. The van der Waals surface area contributed by atoms with Gasteiger partial charge in [0.25, 0.3) is 5.91 Å². The molecular formula is C24H31ClN2O5S2. The average molecular weight is 527 g/mol. The number of hydrogen-bond donors (Lipinski definition) is 1. The van der Waals surface area contributed by atoms with Crippen LogP contribution in [0.1, 0.15) is 30.6 Å². The molecule has 1 aliphatic heterocycles. The van der Waals surface area contributed by atoms with E-state index in [9.17, 15) is 13.2 Å². The van der Waals surface area contributed by atoms with Crippen LogP contribution in [-0.4, -0.2) is 58.8 Å². The summed E-state index contributed by atoms with van der Waals surface area (Å²) < 4.78 is 38.7. The average Bonchev–Trinajstić information content (AvgIpc) is 2.79. The van der Waals surface area contributed by atoms with E-state index in [4.69, 9.17) is 21.1 Å². The molecule has 0 radical (unpaired) electrons. The number of nitrogens with one attached hydrogen (secondary N) is 1. The molecule has 1 saturated heterocycles. The third kappa shape index (κ3) is 6.74. The van der Waals surface area contributed by atoms with Gasteiger partial charge in [-0.1, -0.05) is 43.3 Å². The fourth-order valence-electron chi connectivity index (χ4n) is 4.08. The Morgan fingerprint density at radius 3 is 2.44 bits per heavy atom. The maximum atomic E-state index is 13.5. The van der Waals surface area contributed by atoms with Crippen molar-refractivity contribution in [3.63, 3.8) is 0 Å². The number of hydrogen-bond acceptors (Lipinski definition) is 6. The Labute approximate surface area is 211 Å². The first kappa shape index (κ1) is 27.0. The summed E-state index contributed by atoms with van der Waals surface area (Å²) >= 11 is 7.46. The van der Waals surface area contributed by atoms with Gasteiger partial charge in [-0.05, 0) is 54.7 Å². The van der Waals surface area contributed by atoms with Crippen LogP contribution in [0.4, 0.5) is 0 Å². The predicted octanol–water partition coefficient (Wildman–Crippen LogP) is 4.51. The number of carbonyl (C=O) groups excluding carboxylic acids is 1. The van der Waals surface area contributed by atoms with Gasteiger partial charge >= 0.3 is 0 Å². The molecule has 0 unspecified atom stereocenters. The highest BCUT2D eigenvalue weighted by molar-refractivity contribution is 7.99. The van der Waals surface area contributed by atoms with Crippen LogP contribution in [0.25, 0.3) is 0 Å². The fourth-order valence-corrected chi connectivity index (χ4v) is 7.02. The van der Waals surface area contributed by atoms with E-state index in [2.05, 4.69) is 19.2 Å². The van der Waals surface area contributed by atoms with Crippen LogP contribution in [0.15, 0.2) is 57.2 Å². The van der Waals surface area contributed by atoms with Gasteiger partial charge in [0, 0.05) is 42.1 Å². The van der Waals surface area contributed by atoms with Gasteiger partial charge in [0.1, 0.15) is 0 Å². The van der Waals surface area contributed by atoms with Gasteiger partial charge in [-0.15, -0.1) is 0 Å². The molecule has 2 atom stereocenters. The van der Waals surface area contributed by atoms with E-state index in [1.165, 1.54) is 36.4 Å². The number of rotatable bonds is 9. The summed E-state index contributed by atoms with van der Waals surface area (Å²) in [5, 5.41) is 3.35. The molecule has 1 heterocycles. The van der Waals surface area contributed by atoms with E-state index < -0.39 is 22.2 Å². The van der Waals surface area contributed by atoms with E-state index in [0.717, 1.165) is 11.3 Å². The first-order valence-corrected chi connectivity index (χ1v) is 13.7. The van der Waals surface area contributed by atoms with E-state index in [0.29, 0.717) is 23.0 Å². The summed E-state index contributed by atoms with van der Waals surface area (Å²) in [6, 6.07) is 12.0. The molecule has 186 valence electrons. The highest BCUT2D eigenvalue weighted by Crippen LogP contribution is 2.34. The van der Waals surface area contributed by atoms with Crippen LogP contribution in [0, 0.1) is 11.8 Å². The lowest BCUT2D eigenvalue weighted by Crippen LogP contribution is -2.42. The summed E-state index contributed by atoms with van der Waals surface area (Å²) in [5.41, 5.74) is 0.259. The van der Waals surface area contributed by atoms with Crippen molar-refractivity contribution in [1.82, 2.24) is 9.62 Å². The summed E-state index contributed by atoms with van der Waals surface area (Å²) in [7, 11) is -0.786. The third-order valence-corrected chi connectivity index (χ3v) is 8.78. The highest BCUT2D eigenvalue weighted by atomic mass is 35.5. The number of halogens is 1. The number of sulfonamides is 1. The van der Waals surface area contributed by atoms with E-state index in [1.807, 2.05) is 12.1 Å². The minimum atomic E-state index is -3.75. The molecule has 34 heavy (non-hydrogen) atoms. The number of ether oxygens (including phenoxy) is 2. The second kappa shape index (κ2) is 11.9. The van der Waals surface area contributed by atoms with Crippen LogP contribution >= 0.6 is 23.4 Å². The number of methoxy groups -OCH3 is 2. The van der Waals surface area contributed by atoms with Crippen molar-refractivity contribution in [2.45, 2.75) is 41.2 Å². The van der Waals surface area contributed by atoms with Crippen molar-refractivity contribution >= 4 is 39.3 Å². The molecule has 1 fully saturated rings. The predicted molar refractivity (Wildman–Crippen MR) is 134 cm³/mol. The summed E-state index contributed by atoms with van der Waals surface area (Å²) in [4.78, 5) is 14.7. The standard InChI is InChI=1S/C24H31ClN2O5S2/c1-16-10-17(2)15-27(14-16)34(29,30)20-8-9-22(33-19-7-5-6-18(25)11-19)21(12-20)24(28)26-13-23(31-3)32-4/h5-9,11-12,16-17,23H,10,13-15H2,1-4H3,(H,26,28)/t16-,17-/m1/s1. The fraction of sp³-hybridized carbons (Fsp3) is 0.458. The second-order valence-electron chi connectivity index (χ2n) is 8.60. The smallest absolute Gasteiger partial charge is 0.252 e. The number of amides is 1. The maximum absolute atomic E-state index is 13.5. The van der Waals surface area contributed by atoms with Gasteiger partial charge in [-0.2, -0.15) is 4.31 Å². The lowest BCUT2D eigenvalue weighted by molar-refractivity contribution is -0.0974. The highest BCUT2D eigenvalue weighted by Gasteiger charge is 2.32. The Morgan fingerprint density at radius 1 is 1.15 bits per heavy atom. The zero-order chi connectivity index (χ0) is 24.9. The molecule has 10 heteroatoms. The topological polar surface area (TPSA) is 84.9 Å². The summed E-state index contributed by atoms with van der Waals surface area (Å²) in [5.74, 6) is 0.138. The Kier molecular flexibility index (Phi) is 9.42. The van der Waals surface area contributed by atoms with Gasteiger partial charge in [0.05, 0.1) is 17.0 Å². The van der Waals surface area contributed by atoms with Gasteiger partial charge in [0.15, 0.2) is 6.29 Å². The van der Waals surface area contributed by atoms with Gasteiger partial charge in [0.2, 0.25) is 10.0 Å². The number of nitrogens with zero attached hydrogens (tertiary/aromatic N) is 1. The maximum Gasteiger partial charge on any atom is 0.252 e. The molecule has 2 aromatic rings. The van der Waals surface area contributed by atoms with Crippen LogP contribution in [-0.2, 0) is 19.5 Å². The van der Waals surface area contributed by atoms with Gasteiger partial charge in [-0.25, -0.2) is 8.42 Å². The lowest BCUT2D eigenvalue weighted by atomic mass is 9.94. The van der Waals surface area contributed by atoms with Gasteiger partial charge < -0.3 is 14.8 Å². The van der Waals surface area contributed by atoms with Crippen LogP contribution in [0.2, 0.25) is 5.02 Å². The van der Waals surface area contributed by atoms with Crippen molar-refractivity contribution in [2.75, 3.05) is 33.9 Å².